The van der Waals surface area contributed by atoms with Crippen LogP contribution in [-0.2, 0) is 7.05 Å². The Bertz CT molecular complexity index is 626. The molecule has 18 heavy (non-hydrogen) atoms. The summed E-state index contributed by atoms with van der Waals surface area (Å²) in [6, 6.07) is 7.56. The van der Waals surface area contributed by atoms with E-state index >= 15 is 0 Å². The van der Waals surface area contributed by atoms with E-state index in [9.17, 15) is 9.59 Å². The Labute approximate surface area is 102 Å². The number of hydrogen-bond donors (Lipinski definition) is 4. The molecule has 0 radical (unpaired) electrons. The topological polar surface area (TPSA) is 99.2 Å². The predicted octanol–water partition coefficient (Wildman–Crippen LogP) is 0.218. The normalized spacial score (nSPS) is 10.1. The molecule has 2 aromatic rings. The van der Waals surface area contributed by atoms with Crippen LogP contribution in [0.15, 0.2) is 39.9 Å². The summed E-state index contributed by atoms with van der Waals surface area (Å²) in [7, 11) is 1.39. The van der Waals surface area contributed by atoms with Gasteiger partial charge in [0, 0.05) is 13.1 Å². The largest absolute Gasteiger partial charge is 0.508 e. The molecule has 2 rings (SSSR count). The summed E-state index contributed by atoms with van der Waals surface area (Å²) >= 11 is 0. The van der Waals surface area contributed by atoms with Crippen molar-refractivity contribution in [1.29, 1.82) is 0 Å². The number of phenolic OH excluding ortho intramolecular Hbond substituents is 1. The third-order valence-electron chi connectivity index (χ3n) is 2.35. The molecule has 0 aliphatic carbocycles. The smallest absolute Gasteiger partial charge is 0.329 e. The first-order valence-electron chi connectivity index (χ1n) is 5.17. The van der Waals surface area contributed by atoms with Crippen LogP contribution in [0.5, 0.6) is 5.75 Å². The molecule has 7 nitrogen and oxygen atoms in total. The first kappa shape index (κ1) is 11.8. The van der Waals surface area contributed by atoms with Gasteiger partial charge in [-0.2, -0.15) is 0 Å². The first-order valence-corrected chi connectivity index (χ1v) is 5.17. The molecule has 1 aromatic carbocycles. The first-order chi connectivity index (χ1) is 8.56. The molecule has 0 bridgehead atoms. The zero-order chi connectivity index (χ0) is 13.1. The minimum atomic E-state index is -0.502. The highest BCUT2D eigenvalue weighted by molar-refractivity contribution is 5.50. The monoisotopic (exact) mass is 248 g/mol. The Hall–Kier alpha value is -2.70. The maximum atomic E-state index is 11.4. The number of aromatic amines is 1. The van der Waals surface area contributed by atoms with Crippen molar-refractivity contribution < 1.29 is 5.11 Å². The number of H-pyrrole nitrogens is 1. The van der Waals surface area contributed by atoms with Crippen molar-refractivity contribution in [2.75, 3.05) is 10.9 Å². The molecule has 0 atom stereocenters. The quantitative estimate of drug-likeness (QED) is 0.460. The van der Waals surface area contributed by atoms with Gasteiger partial charge in [0.25, 0.3) is 5.56 Å². The lowest BCUT2D eigenvalue weighted by molar-refractivity contribution is 0.475. The van der Waals surface area contributed by atoms with Crippen LogP contribution < -0.4 is 22.1 Å². The average molecular weight is 248 g/mol. The van der Waals surface area contributed by atoms with Crippen LogP contribution in [0.1, 0.15) is 0 Å². The van der Waals surface area contributed by atoms with E-state index in [-0.39, 0.29) is 11.6 Å². The van der Waals surface area contributed by atoms with E-state index in [0.29, 0.717) is 5.69 Å². The maximum absolute atomic E-state index is 11.4. The highest BCUT2D eigenvalue weighted by Gasteiger charge is 1.99. The Morgan fingerprint density at radius 1 is 1.17 bits per heavy atom. The molecule has 1 heterocycles. The number of anilines is 2. The van der Waals surface area contributed by atoms with Gasteiger partial charge >= 0.3 is 5.69 Å². The number of nitrogens with one attached hydrogen (secondary N) is 3. The summed E-state index contributed by atoms with van der Waals surface area (Å²) in [5.41, 5.74) is 5.24. The number of hydrazine groups is 1. The van der Waals surface area contributed by atoms with Crippen LogP contribution in [0, 0.1) is 0 Å². The molecule has 0 aliphatic rings. The maximum Gasteiger partial charge on any atom is 0.329 e. The van der Waals surface area contributed by atoms with E-state index in [1.807, 2.05) is 0 Å². The molecule has 0 saturated carbocycles. The van der Waals surface area contributed by atoms with Gasteiger partial charge in [-0.25, -0.2) is 4.79 Å². The Balaban J connectivity index is 2.13. The van der Waals surface area contributed by atoms with E-state index in [1.54, 1.807) is 12.1 Å². The minimum absolute atomic E-state index is 0.155. The number of nitrogens with zero attached hydrogens (tertiary/aromatic N) is 1. The van der Waals surface area contributed by atoms with Crippen molar-refractivity contribution in [3.8, 4) is 5.75 Å². The van der Waals surface area contributed by atoms with E-state index in [2.05, 4.69) is 15.8 Å². The van der Waals surface area contributed by atoms with Gasteiger partial charge in [0.05, 0.1) is 5.69 Å². The summed E-state index contributed by atoms with van der Waals surface area (Å²) in [5.74, 6) is 0.415. The Morgan fingerprint density at radius 3 is 2.44 bits per heavy atom. The number of hydrogen-bond acceptors (Lipinski definition) is 5. The third-order valence-corrected chi connectivity index (χ3v) is 2.35. The van der Waals surface area contributed by atoms with Crippen LogP contribution in [0.2, 0.25) is 0 Å². The van der Waals surface area contributed by atoms with E-state index in [4.69, 9.17) is 5.11 Å². The van der Waals surface area contributed by atoms with E-state index in [1.165, 1.54) is 25.2 Å². The standard InChI is InChI=1S/C11H12N4O3/c1-15-10(17)6-9(12-11(15)18)14-13-7-2-4-8(16)5-3-7/h2-6,13-14,16H,1H3,(H,12,18). The number of rotatable bonds is 3. The second-order valence-electron chi connectivity index (χ2n) is 3.68. The Morgan fingerprint density at radius 2 is 1.83 bits per heavy atom. The van der Waals surface area contributed by atoms with Crippen molar-refractivity contribution in [1.82, 2.24) is 9.55 Å². The van der Waals surface area contributed by atoms with Crippen molar-refractivity contribution in [2.45, 2.75) is 0 Å². The number of phenols is 1. The van der Waals surface area contributed by atoms with Crippen molar-refractivity contribution in [2.24, 2.45) is 7.05 Å². The molecule has 0 fully saturated rings. The van der Waals surface area contributed by atoms with Crippen LogP contribution in [0.3, 0.4) is 0 Å². The number of aromatic nitrogens is 2. The van der Waals surface area contributed by atoms with Gasteiger partial charge in [-0.3, -0.25) is 25.2 Å². The molecular formula is C11H12N4O3. The van der Waals surface area contributed by atoms with Crippen molar-refractivity contribution in [3.05, 3.63) is 51.2 Å². The molecule has 1 aromatic heterocycles. The van der Waals surface area contributed by atoms with Gasteiger partial charge in [-0.05, 0) is 24.3 Å². The fraction of sp³-hybridized carbons (Fsp3) is 0.0909. The second kappa shape index (κ2) is 4.66. The zero-order valence-corrected chi connectivity index (χ0v) is 9.60. The average Bonchev–Trinajstić information content (AvgIpc) is 2.35. The van der Waals surface area contributed by atoms with Gasteiger partial charge in [0.1, 0.15) is 11.6 Å². The zero-order valence-electron chi connectivity index (χ0n) is 9.60. The number of aromatic hydroxyl groups is 1. The number of benzene rings is 1. The van der Waals surface area contributed by atoms with Crippen molar-refractivity contribution in [3.63, 3.8) is 0 Å². The summed E-state index contributed by atoms with van der Waals surface area (Å²) in [6.45, 7) is 0. The lowest BCUT2D eigenvalue weighted by Gasteiger charge is -2.09. The second-order valence-corrected chi connectivity index (χ2v) is 3.68. The predicted molar refractivity (Wildman–Crippen MR) is 67.7 cm³/mol. The van der Waals surface area contributed by atoms with Crippen LogP contribution in [0.4, 0.5) is 11.5 Å². The summed E-state index contributed by atoms with van der Waals surface area (Å²) < 4.78 is 0.964. The molecule has 0 unspecified atom stereocenters. The Kier molecular flexibility index (Phi) is 3.05. The third kappa shape index (κ3) is 2.51. The molecule has 7 heteroatoms. The van der Waals surface area contributed by atoms with E-state index < -0.39 is 11.2 Å². The molecule has 94 valence electrons. The summed E-state index contributed by atoms with van der Waals surface area (Å²) in [5, 5.41) is 9.11. The van der Waals surface area contributed by atoms with Crippen LogP contribution in [-0.4, -0.2) is 14.7 Å². The highest BCUT2D eigenvalue weighted by atomic mass is 16.3. The lowest BCUT2D eigenvalue weighted by atomic mass is 10.3. The lowest BCUT2D eigenvalue weighted by Crippen LogP contribution is -2.33. The van der Waals surface area contributed by atoms with Crippen molar-refractivity contribution >= 4 is 11.5 Å². The van der Waals surface area contributed by atoms with Gasteiger partial charge < -0.3 is 5.11 Å². The summed E-state index contributed by atoms with van der Waals surface area (Å²) in [4.78, 5) is 25.2. The molecule has 0 aliphatic heterocycles. The fourth-order valence-corrected chi connectivity index (χ4v) is 1.31. The molecule has 0 spiro atoms. The van der Waals surface area contributed by atoms with Crippen LogP contribution >= 0.6 is 0 Å². The van der Waals surface area contributed by atoms with Gasteiger partial charge in [-0.15, -0.1) is 0 Å². The van der Waals surface area contributed by atoms with Gasteiger partial charge in [0.2, 0.25) is 0 Å². The van der Waals surface area contributed by atoms with Gasteiger partial charge in [-0.1, -0.05) is 0 Å². The highest BCUT2D eigenvalue weighted by Crippen LogP contribution is 2.13. The van der Waals surface area contributed by atoms with Gasteiger partial charge in [0.15, 0.2) is 0 Å². The van der Waals surface area contributed by atoms with E-state index in [0.717, 1.165) is 4.57 Å². The molecular weight excluding hydrogens is 236 g/mol. The molecule has 0 saturated heterocycles. The molecule has 4 N–H and O–H groups in total. The minimum Gasteiger partial charge on any atom is -0.508 e. The molecule has 0 amide bonds. The fourth-order valence-electron chi connectivity index (χ4n) is 1.31. The summed E-state index contributed by atoms with van der Waals surface area (Å²) in [6.07, 6.45) is 0. The van der Waals surface area contributed by atoms with Crippen LogP contribution in [0.25, 0.3) is 0 Å². The SMILES string of the molecule is Cn1c(=O)cc(NNc2ccc(O)cc2)[nH]c1=O.